The second-order valence-corrected chi connectivity index (χ2v) is 11.8. The number of ether oxygens (including phenoxy) is 1. The molecule has 2 fully saturated rings. The number of rotatable bonds is 7. The molecule has 3 heterocycles. The van der Waals surface area contributed by atoms with Gasteiger partial charge in [-0.1, -0.05) is 18.2 Å². The zero-order valence-corrected chi connectivity index (χ0v) is 22.8. The van der Waals surface area contributed by atoms with Crippen molar-refractivity contribution in [3.63, 3.8) is 0 Å². The largest absolute Gasteiger partial charge is 0.494 e. The highest BCUT2D eigenvalue weighted by Crippen LogP contribution is 2.49. The molecule has 2 N–H and O–H groups in total. The predicted octanol–water partition coefficient (Wildman–Crippen LogP) is 4.12. The van der Waals surface area contributed by atoms with E-state index in [9.17, 15) is 4.79 Å². The molecule has 2 atom stereocenters. The summed E-state index contributed by atoms with van der Waals surface area (Å²) in [6, 6.07) is 19.0. The molecule has 1 saturated carbocycles. The SMILES string of the molecule is Cc1ccc(O[C@@H]([SiH3])[C@@H]2CCN2)cc1C(=O)NC1(c2cc(-c3cccs3)cc3ncccc23)CC1. The normalized spacial score (nSPS) is 19.2. The Morgan fingerprint density at radius 3 is 2.80 bits per heavy atom. The van der Waals surface area contributed by atoms with Gasteiger partial charge in [-0.2, -0.15) is 0 Å². The van der Waals surface area contributed by atoms with Crippen molar-refractivity contribution in [1.29, 1.82) is 0 Å². The van der Waals surface area contributed by atoms with Crippen molar-refractivity contribution in [3.8, 4) is 16.2 Å². The highest BCUT2D eigenvalue weighted by Gasteiger charge is 2.47. The van der Waals surface area contributed by atoms with Gasteiger partial charge in [0.2, 0.25) is 0 Å². The molecule has 7 heteroatoms. The van der Waals surface area contributed by atoms with Crippen LogP contribution in [0.1, 0.15) is 40.7 Å². The summed E-state index contributed by atoms with van der Waals surface area (Å²) < 4.78 is 6.22. The zero-order chi connectivity index (χ0) is 24.0. The molecule has 5 nitrogen and oxygen atoms in total. The fourth-order valence-electron chi connectivity index (χ4n) is 4.96. The van der Waals surface area contributed by atoms with Gasteiger partial charge in [0.05, 0.1) is 27.0 Å². The molecule has 1 amide bonds. The van der Waals surface area contributed by atoms with E-state index in [1.54, 1.807) is 11.3 Å². The molecule has 0 spiro atoms. The number of carbonyl (C=O) groups excluding carboxylic acids is 1. The lowest BCUT2D eigenvalue weighted by Crippen LogP contribution is -2.53. The van der Waals surface area contributed by atoms with Gasteiger partial charge >= 0.3 is 0 Å². The Balaban J connectivity index is 1.31. The van der Waals surface area contributed by atoms with Crippen LogP contribution in [0.2, 0.25) is 0 Å². The summed E-state index contributed by atoms with van der Waals surface area (Å²) in [5.74, 6) is 0.726. The first-order valence-electron chi connectivity index (χ1n) is 12.3. The average molecular weight is 500 g/mol. The highest BCUT2D eigenvalue weighted by atomic mass is 32.1. The Hall–Kier alpha value is -3.00. The van der Waals surface area contributed by atoms with Gasteiger partial charge < -0.3 is 15.4 Å². The predicted molar refractivity (Wildman–Crippen MR) is 145 cm³/mol. The molecule has 35 heavy (non-hydrogen) atoms. The smallest absolute Gasteiger partial charge is 0.252 e. The third-order valence-corrected chi connectivity index (χ3v) is 9.31. The van der Waals surface area contributed by atoms with Crippen molar-refractivity contribution in [3.05, 3.63) is 82.9 Å². The molecule has 6 rings (SSSR count). The molecule has 1 aliphatic heterocycles. The van der Waals surface area contributed by atoms with Crippen LogP contribution < -0.4 is 15.4 Å². The molecule has 2 aromatic carbocycles. The van der Waals surface area contributed by atoms with Crippen LogP contribution in [0.4, 0.5) is 0 Å². The monoisotopic (exact) mass is 499 g/mol. The fraction of sp³-hybridized carbons (Fsp3) is 0.286. The lowest BCUT2D eigenvalue weighted by molar-refractivity contribution is 0.0929. The summed E-state index contributed by atoms with van der Waals surface area (Å²) in [4.78, 5) is 19.5. The van der Waals surface area contributed by atoms with Gasteiger partial charge in [0.15, 0.2) is 0 Å². The highest BCUT2D eigenvalue weighted by molar-refractivity contribution is 7.13. The Morgan fingerprint density at radius 1 is 1.23 bits per heavy atom. The van der Waals surface area contributed by atoms with Crippen molar-refractivity contribution < 1.29 is 9.53 Å². The second-order valence-electron chi connectivity index (χ2n) is 9.76. The minimum atomic E-state index is -0.370. The van der Waals surface area contributed by atoms with Crippen molar-refractivity contribution in [2.45, 2.75) is 43.5 Å². The maximum absolute atomic E-state index is 13.6. The van der Waals surface area contributed by atoms with E-state index >= 15 is 0 Å². The molecule has 2 aromatic heterocycles. The van der Waals surface area contributed by atoms with Gasteiger partial charge in [0.25, 0.3) is 5.91 Å². The number of fused-ring (bicyclic) bond motifs is 1. The third-order valence-electron chi connectivity index (χ3n) is 7.35. The Bertz CT molecular complexity index is 1400. The van der Waals surface area contributed by atoms with Gasteiger partial charge in [-0.05, 0) is 91.2 Å². The van der Waals surface area contributed by atoms with Crippen molar-refractivity contribution in [1.82, 2.24) is 15.6 Å². The quantitative estimate of drug-likeness (QED) is 0.376. The number of hydrogen-bond acceptors (Lipinski definition) is 5. The van der Waals surface area contributed by atoms with Crippen LogP contribution in [-0.2, 0) is 5.54 Å². The number of aryl methyl sites for hydroxylation is 1. The topological polar surface area (TPSA) is 63.2 Å². The minimum absolute atomic E-state index is 0.0457. The van der Waals surface area contributed by atoms with Crippen LogP contribution in [-0.4, -0.2) is 39.4 Å². The van der Waals surface area contributed by atoms with E-state index in [0.717, 1.165) is 69.4 Å². The van der Waals surface area contributed by atoms with Crippen LogP contribution in [0.5, 0.6) is 5.75 Å². The molecule has 0 bridgehead atoms. The van der Waals surface area contributed by atoms with E-state index in [2.05, 4.69) is 51.3 Å². The standard InChI is InChI=1S/C28H29N3O2SSi/c1-17-6-7-19(33-27(35)23-8-12-30-23)16-21(17)26(32)31-28(9-10-28)22-14-18(25-5-3-13-34-25)15-24-20(22)4-2-11-29-24/h2-7,11,13-16,23,27,30H,8-10,12H2,1,35H3,(H,31,32)/t23-,27-/m0/s1. The maximum Gasteiger partial charge on any atom is 0.252 e. The van der Waals surface area contributed by atoms with E-state index in [1.807, 2.05) is 37.4 Å². The maximum atomic E-state index is 13.6. The molecular weight excluding hydrogens is 470 g/mol. The van der Waals surface area contributed by atoms with E-state index in [4.69, 9.17) is 4.74 Å². The summed E-state index contributed by atoms with van der Waals surface area (Å²) in [5.41, 5.74) is 4.73. The van der Waals surface area contributed by atoms with Gasteiger partial charge in [0.1, 0.15) is 5.75 Å². The Morgan fingerprint density at radius 2 is 2.09 bits per heavy atom. The first-order chi connectivity index (χ1) is 17.0. The first kappa shape index (κ1) is 22.5. The molecule has 1 aliphatic carbocycles. The lowest BCUT2D eigenvalue weighted by atomic mass is 9.95. The van der Waals surface area contributed by atoms with Crippen LogP contribution in [0, 0.1) is 6.92 Å². The van der Waals surface area contributed by atoms with Gasteiger partial charge in [-0.15, -0.1) is 11.3 Å². The molecular formula is C28H29N3O2SSi. The lowest BCUT2D eigenvalue weighted by Gasteiger charge is -2.33. The first-order valence-corrected chi connectivity index (χ1v) is 14.3. The Labute approximate surface area is 212 Å². The molecule has 178 valence electrons. The summed E-state index contributed by atoms with van der Waals surface area (Å²) in [6.07, 6.45) is 4.83. The number of thiophene rings is 1. The summed E-state index contributed by atoms with van der Waals surface area (Å²) in [5, 5.41) is 10.0. The second kappa shape index (κ2) is 8.89. The zero-order valence-electron chi connectivity index (χ0n) is 20.0. The van der Waals surface area contributed by atoms with E-state index < -0.39 is 0 Å². The van der Waals surface area contributed by atoms with Crippen LogP contribution in [0.3, 0.4) is 0 Å². The number of nitrogens with zero attached hydrogens (tertiary/aromatic N) is 1. The molecule has 0 radical (unpaired) electrons. The van der Waals surface area contributed by atoms with E-state index in [-0.39, 0.29) is 17.2 Å². The number of amides is 1. The van der Waals surface area contributed by atoms with Gasteiger partial charge in [-0.3, -0.25) is 9.78 Å². The molecule has 2 aliphatic rings. The third kappa shape index (κ3) is 4.28. The average Bonchev–Trinajstić information content (AvgIpc) is 3.38. The van der Waals surface area contributed by atoms with Crippen LogP contribution in [0.15, 0.2) is 66.2 Å². The van der Waals surface area contributed by atoms with Gasteiger partial charge in [0, 0.05) is 28.1 Å². The van der Waals surface area contributed by atoms with Crippen molar-refractivity contribution in [2.75, 3.05) is 6.54 Å². The van der Waals surface area contributed by atoms with Gasteiger partial charge in [-0.25, -0.2) is 0 Å². The number of hydrogen-bond donors (Lipinski definition) is 2. The van der Waals surface area contributed by atoms with Crippen molar-refractivity contribution >= 4 is 38.4 Å². The number of carbonyl (C=O) groups is 1. The fourth-order valence-corrected chi connectivity index (χ4v) is 6.52. The number of benzene rings is 2. The number of pyridine rings is 1. The molecule has 4 aromatic rings. The summed E-state index contributed by atoms with van der Waals surface area (Å²) >= 11 is 1.72. The minimum Gasteiger partial charge on any atom is -0.494 e. The number of nitrogens with one attached hydrogen (secondary N) is 2. The van der Waals surface area contributed by atoms with Crippen LogP contribution >= 0.6 is 11.3 Å². The van der Waals surface area contributed by atoms with E-state index in [1.165, 1.54) is 4.88 Å². The summed E-state index contributed by atoms with van der Waals surface area (Å²) in [6.45, 7) is 3.05. The Kier molecular flexibility index (Phi) is 5.71. The summed E-state index contributed by atoms with van der Waals surface area (Å²) in [7, 11) is 0.940. The van der Waals surface area contributed by atoms with Crippen molar-refractivity contribution in [2.24, 2.45) is 0 Å². The molecule has 1 saturated heterocycles. The van der Waals surface area contributed by atoms with E-state index in [0.29, 0.717) is 11.6 Å². The van der Waals surface area contributed by atoms with Crippen LogP contribution in [0.25, 0.3) is 21.3 Å². The molecule has 0 unspecified atom stereocenters. The number of aromatic nitrogens is 1.